The van der Waals surface area contributed by atoms with E-state index in [2.05, 4.69) is 12.1 Å². The van der Waals surface area contributed by atoms with Crippen LogP contribution in [0.15, 0.2) is 53.3 Å². The Morgan fingerprint density at radius 2 is 1.78 bits per heavy atom. The lowest BCUT2D eigenvalue weighted by Gasteiger charge is -2.29. The van der Waals surface area contributed by atoms with Gasteiger partial charge in [-0.15, -0.1) is 0 Å². The maximum absolute atomic E-state index is 12.6. The number of amides is 1. The van der Waals surface area contributed by atoms with E-state index in [0.717, 1.165) is 16.6 Å². The van der Waals surface area contributed by atoms with Crippen LogP contribution in [0.5, 0.6) is 0 Å². The summed E-state index contributed by atoms with van der Waals surface area (Å²) in [5, 5.41) is 0. The van der Waals surface area contributed by atoms with Gasteiger partial charge in [-0.2, -0.15) is 0 Å². The Kier molecular flexibility index (Phi) is 3.50. The van der Waals surface area contributed by atoms with Crippen LogP contribution in [0, 0.1) is 0 Å². The predicted molar refractivity (Wildman–Crippen MR) is 91.6 cm³/mol. The summed E-state index contributed by atoms with van der Waals surface area (Å²) in [7, 11) is 0. The first-order chi connectivity index (χ1) is 11.2. The number of carbonyl (C=O) groups excluding carboxylic acids is 1. The molecule has 0 saturated carbocycles. The molecule has 0 radical (unpaired) electrons. The van der Waals surface area contributed by atoms with E-state index >= 15 is 0 Å². The Morgan fingerprint density at radius 1 is 1.04 bits per heavy atom. The highest BCUT2D eigenvalue weighted by molar-refractivity contribution is 7.16. The maximum atomic E-state index is 12.6. The van der Waals surface area contributed by atoms with Crippen molar-refractivity contribution in [2.45, 2.75) is 19.5 Å². The minimum Gasteiger partial charge on any atom is -0.336 e. The topological polar surface area (TPSA) is 42.3 Å². The molecule has 5 heteroatoms. The summed E-state index contributed by atoms with van der Waals surface area (Å²) in [5.74, 6) is 0.00477. The molecule has 23 heavy (non-hydrogen) atoms. The lowest BCUT2D eigenvalue weighted by atomic mass is 10.00. The zero-order chi connectivity index (χ0) is 15.8. The van der Waals surface area contributed by atoms with E-state index < -0.39 is 0 Å². The maximum Gasteiger partial charge on any atom is 0.308 e. The van der Waals surface area contributed by atoms with Crippen molar-refractivity contribution in [1.82, 2.24) is 9.47 Å². The van der Waals surface area contributed by atoms with Crippen LogP contribution in [-0.2, 0) is 24.3 Å². The molecule has 0 fully saturated rings. The van der Waals surface area contributed by atoms with Crippen molar-refractivity contribution in [2.75, 3.05) is 6.54 Å². The molecule has 116 valence electrons. The number of thiazole rings is 1. The van der Waals surface area contributed by atoms with E-state index in [0.29, 0.717) is 13.1 Å². The highest BCUT2D eigenvalue weighted by Crippen LogP contribution is 2.20. The van der Waals surface area contributed by atoms with E-state index in [1.807, 2.05) is 41.3 Å². The van der Waals surface area contributed by atoms with Crippen LogP contribution in [0.2, 0.25) is 0 Å². The first kappa shape index (κ1) is 14.2. The number of fused-ring (bicyclic) bond motifs is 2. The quantitative estimate of drug-likeness (QED) is 0.727. The smallest absolute Gasteiger partial charge is 0.308 e. The van der Waals surface area contributed by atoms with Gasteiger partial charge in [-0.1, -0.05) is 47.7 Å². The monoisotopic (exact) mass is 324 g/mol. The van der Waals surface area contributed by atoms with Crippen LogP contribution in [0.1, 0.15) is 11.1 Å². The molecule has 0 spiro atoms. The van der Waals surface area contributed by atoms with Gasteiger partial charge in [0.1, 0.15) is 6.54 Å². The lowest BCUT2D eigenvalue weighted by molar-refractivity contribution is -0.132. The van der Waals surface area contributed by atoms with Crippen molar-refractivity contribution in [1.29, 1.82) is 0 Å². The highest BCUT2D eigenvalue weighted by Gasteiger charge is 2.21. The molecule has 1 aliphatic heterocycles. The average molecular weight is 324 g/mol. The second-order valence-corrected chi connectivity index (χ2v) is 6.75. The van der Waals surface area contributed by atoms with Crippen molar-refractivity contribution in [3.63, 3.8) is 0 Å². The summed E-state index contributed by atoms with van der Waals surface area (Å²) in [4.78, 5) is 26.6. The number of rotatable bonds is 2. The minimum absolute atomic E-state index is 0.00477. The summed E-state index contributed by atoms with van der Waals surface area (Å²) in [6, 6.07) is 15.8. The van der Waals surface area contributed by atoms with Crippen molar-refractivity contribution >= 4 is 27.5 Å². The first-order valence-electron chi connectivity index (χ1n) is 7.65. The molecule has 0 N–H and O–H groups in total. The summed E-state index contributed by atoms with van der Waals surface area (Å²) in [5.41, 5.74) is 3.36. The molecule has 0 saturated heterocycles. The normalized spacial score (nSPS) is 14.0. The number of hydrogen-bond acceptors (Lipinski definition) is 3. The Labute approximate surface area is 137 Å². The highest BCUT2D eigenvalue weighted by atomic mass is 32.1. The molecule has 0 bridgehead atoms. The molecular weight excluding hydrogens is 308 g/mol. The van der Waals surface area contributed by atoms with Gasteiger partial charge in [0.25, 0.3) is 0 Å². The van der Waals surface area contributed by atoms with E-state index in [-0.39, 0.29) is 17.3 Å². The molecule has 0 atom stereocenters. The zero-order valence-electron chi connectivity index (χ0n) is 12.6. The van der Waals surface area contributed by atoms with E-state index in [9.17, 15) is 9.59 Å². The second-order valence-electron chi connectivity index (χ2n) is 5.76. The van der Waals surface area contributed by atoms with Crippen molar-refractivity contribution in [3.8, 4) is 0 Å². The van der Waals surface area contributed by atoms with Gasteiger partial charge >= 0.3 is 4.87 Å². The Balaban J connectivity index is 1.59. The third-order valence-electron chi connectivity index (χ3n) is 4.35. The van der Waals surface area contributed by atoms with Gasteiger partial charge in [-0.25, -0.2) is 0 Å². The molecule has 1 aliphatic rings. The van der Waals surface area contributed by atoms with Gasteiger partial charge in [0, 0.05) is 13.1 Å². The number of aromatic nitrogens is 1. The molecule has 4 nitrogen and oxygen atoms in total. The Hall–Kier alpha value is -2.40. The number of hydrogen-bond donors (Lipinski definition) is 0. The number of carbonyl (C=O) groups is 1. The third kappa shape index (κ3) is 2.57. The van der Waals surface area contributed by atoms with Gasteiger partial charge in [-0.3, -0.25) is 14.2 Å². The fraction of sp³-hybridized carbons (Fsp3) is 0.222. The molecule has 2 heterocycles. The SMILES string of the molecule is O=C(Cn1c(=O)sc2ccccc21)N1CCc2ccccc2C1. The predicted octanol–water partition coefficient (Wildman–Crippen LogP) is 2.65. The third-order valence-corrected chi connectivity index (χ3v) is 5.31. The largest absolute Gasteiger partial charge is 0.336 e. The first-order valence-corrected chi connectivity index (χ1v) is 8.47. The second kappa shape index (κ2) is 5.66. The van der Waals surface area contributed by atoms with Crippen molar-refractivity contribution in [2.24, 2.45) is 0 Å². The van der Waals surface area contributed by atoms with Gasteiger partial charge in [0.15, 0.2) is 0 Å². The van der Waals surface area contributed by atoms with Gasteiger partial charge < -0.3 is 4.90 Å². The molecule has 0 unspecified atom stereocenters. The Morgan fingerprint density at radius 3 is 2.65 bits per heavy atom. The number of benzene rings is 2. The summed E-state index contributed by atoms with van der Waals surface area (Å²) < 4.78 is 2.51. The van der Waals surface area contributed by atoms with Crippen LogP contribution in [0.4, 0.5) is 0 Å². The fourth-order valence-electron chi connectivity index (χ4n) is 3.11. The molecule has 2 aromatic carbocycles. The van der Waals surface area contributed by atoms with Crippen LogP contribution in [-0.4, -0.2) is 21.9 Å². The molecule has 4 rings (SSSR count). The fourth-order valence-corrected chi connectivity index (χ4v) is 4.00. The van der Waals surface area contributed by atoms with Crippen molar-refractivity contribution in [3.05, 3.63) is 69.3 Å². The van der Waals surface area contributed by atoms with Crippen LogP contribution >= 0.6 is 11.3 Å². The summed E-state index contributed by atoms with van der Waals surface area (Å²) in [6.07, 6.45) is 0.876. The molecule has 1 amide bonds. The molecule has 3 aromatic rings. The van der Waals surface area contributed by atoms with Gasteiger partial charge in [-0.05, 0) is 29.7 Å². The zero-order valence-corrected chi connectivity index (χ0v) is 13.4. The van der Waals surface area contributed by atoms with Crippen molar-refractivity contribution < 1.29 is 4.79 Å². The van der Waals surface area contributed by atoms with E-state index in [1.54, 1.807) is 4.57 Å². The average Bonchev–Trinajstić information content (AvgIpc) is 2.90. The van der Waals surface area contributed by atoms with E-state index in [4.69, 9.17) is 0 Å². The van der Waals surface area contributed by atoms with Gasteiger partial charge in [0.2, 0.25) is 5.91 Å². The molecular formula is C18H16N2O2S. The standard InChI is InChI=1S/C18H16N2O2S/c21-17(19-10-9-13-5-1-2-6-14(13)11-19)12-20-15-7-3-4-8-16(15)23-18(20)22/h1-8H,9-12H2. The minimum atomic E-state index is -0.0723. The summed E-state index contributed by atoms with van der Waals surface area (Å²) in [6.45, 7) is 1.46. The van der Waals surface area contributed by atoms with E-state index in [1.165, 1.54) is 22.5 Å². The lowest BCUT2D eigenvalue weighted by Crippen LogP contribution is -2.39. The number of para-hydroxylation sites is 1. The van der Waals surface area contributed by atoms with Gasteiger partial charge in [0.05, 0.1) is 10.2 Å². The van der Waals surface area contributed by atoms with Crippen LogP contribution in [0.3, 0.4) is 0 Å². The van der Waals surface area contributed by atoms with Crippen LogP contribution in [0.25, 0.3) is 10.2 Å². The number of nitrogens with zero attached hydrogens (tertiary/aromatic N) is 2. The van der Waals surface area contributed by atoms with Crippen LogP contribution < -0.4 is 4.87 Å². The molecule has 0 aliphatic carbocycles. The Bertz CT molecular complexity index is 941. The summed E-state index contributed by atoms with van der Waals surface area (Å²) >= 11 is 1.19. The molecule has 1 aromatic heterocycles.